The van der Waals surface area contributed by atoms with Gasteiger partial charge in [0.1, 0.15) is 12.2 Å². The summed E-state index contributed by atoms with van der Waals surface area (Å²) >= 11 is 0. The molecule has 1 aliphatic rings. The van der Waals surface area contributed by atoms with Crippen molar-refractivity contribution in [2.45, 2.75) is 38.5 Å². The van der Waals surface area contributed by atoms with Gasteiger partial charge in [-0.3, -0.25) is 14.6 Å². The van der Waals surface area contributed by atoms with Crippen molar-refractivity contribution >= 4 is 11.9 Å². The lowest BCUT2D eigenvalue weighted by atomic mass is 10.0. The molecular weight excluding hydrogens is 246 g/mol. The third-order valence-corrected chi connectivity index (χ3v) is 2.70. The number of nitrogens with one attached hydrogen (secondary N) is 1. The number of aromatic nitrogens is 2. The minimum atomic E-state index is -1.10. The average molecular weight is 265 g/mol. The molecule has 2 rings (SSSR count). The lowest BCUT2D eigenvalue weighted by molar-refractivity contribution is -0.135. The summed E-state index contributed by atoms with van der Waals surface area (Å²) in [5.74, 6) is -1.65. The van der Waals surface area contributed by atoms with Crippen LogP contribution in [0.15, 0.2) is 18.6 Å². The fraction of sp³-hybridized carbons (Fsp3) is 0.538. The largest absolute Gasteiger partial charge is 0.480 e. The van der Waals surface area contributed by atoms with Crippen LogP contribution in [0.25, 0.3) is 0 Å². The van der Waals surface area contributed by atoms with Gasteiger partial charge in [0.2, 0.25) is 0 Å². The summed E-state index contributed by atoms with van der Waals surface area (Å²) in [5.41, 5.74) is 0.101. The van der Waals surface area contributed by atoms with E-state index >= 15 is 0 Å². The number of hydrogen-bond acceptors (Lipinski definition) is 4. The molecular formula is C13H19N3O3. The first-order valence-electron chi connectivity index (χ1n) is 6.46. The summed E-state index contributed by atoms with van der Waals surface area (Å²) < 4.78 is 0. The molecule has 6 nitrogen and oxygen atoms in total. The highest BCUT2D eigenvalue weighted by atomic mass is 16.4. The van der Waals surface area contributed by atoms with Crippen LogP contribution in [0.5, 0.6) is 0 Å². The second-order valence-corrected chi connectivity index (χ2v) is 4.29. The van der Waals surface area contributed by atoms with Crippen molar-refractivity contribution in [3.8, 4) is 0 Å². The van der Waals surface area contributed by atoms with Crippen molar-refractivity contribution < 1.29 is 14.7 Å². The summed E-state index contributed by atoms with van der Waals surface area (Å²) in [7, 11) is 0. The maximum absolute atomic E-state index is 11.1. The molecule has 0 saturated heterocycles. The number of rotatable bonds is 3. The van der Waals surface area contributed by atoms with Crippen LogP contribution >= 0.6 is 0 Å². The summed E-state index contributed by atoms with van der Waals surface area (Å²) in [6.07, 6.45) is 13.0. The van der Waals surface area contributed by atoms with Gasteiger partial charge in [-0.15, -0.1) is 0 Å². The zero-order valence-corrected chi connectivity index (χ0v) is 10.8. The molecule has 2 N–H and O–H groups in total. The molecule has 0 bridgehead atoms. The van der Waals surface area contributed by atoms with Gasteiger partial charge in [0, 0.05) is 12.4 Å². The maximum atomic E-state index is 11.1. The molecule has 6 heteroatoms. The second-order valence-electron chi connectivity index (χ2n) is 4.29. The van der Waals surface area contributed by atoms with E-state index in [-0.39, 0.29) is 5.69 Å². The predicted octanol–water partition coefficient (Wildman–Crippen LogP) is 1.63. The molecule has 1 saturated carbocycles. The minimum Gasteiger partial charge on any atom is -0.480 e. The van der Waals surface area contributed by atoms with Gasteiger partial charge < -0.3 is 10.4 Å². The normalized spacial score (nSPS) is 13.9. The third-order valence-electron chi connectivity index (χ3n) is 2.70. The number of carbonyl (C=O) groups excluding carboxylic acids is 1. The third kappa shape index (κ3) is 7.13. The van der Waals surface area contributed by atoms with E-state index < -0.39 is 18.4 Å². The van der Waals surface area contributed by atoms with Crippen molar-refractivity contribution in [3.05, 3.63) is 24.3 Å². The summed E-state index contributed by atoms with van der Waals surface area (Å²) in [6.45, 7) is -0.421. The van der Waals surface area contributed by atoms with E-state index in [1.54, 1.807) is 0 Å². The molecule has 1 fully saturated rings. The van der Waals surface area contributed by atoms with Gasteiger partial charge in [-0.25, -0.2) is 4.98 Å². The smallest absolute Gasteiger partial charge is 0.322 e. The van der Waals surface area contributed by atoms with Gasteiger partial charge in [-0.1, -0.05) is 38.5 Å². The lowest BCUT2D eigenvalue weighted by Crippen LogP contribution is -2.29. The van der Waals surface area contributed by atoms with Crippen LogP contribution in [0.3, 0.4) is 0 Å². The molecule has 0 radical (unpaired) electrons. The summed E-state index contributed by atoms with van der Waals surface area (Å²) in [4.78, 5) is 28.5. The van der Waals surface area contributed by atoms with Crippen LogP contribution in [0.1, 0.15) is 49.0 Å². The fourth-order valence-corrected chi connectivity index (χ4v) is 1.72. The number of carboxylic acid groups (broad SMARTS) is 1. The molecule has 0 unspecified atom stereocenters. The predicted molar refractivity (Wildman–Crippen MR) is 69.7 cm³/mol. The minimum absolute atomic E-state index is 0.101. The standard InChI is InChI=1S/C7H7N3O3.C6H12/c11-6(12)4-10-7(13)5-3-8-1-2-9-5;1-2-4-6-5-3-1/h1-3H,4H2,(H,10,13)(H,11,12);1-6H2. The van der Waals surface area contributed by atoms with Crippen molar-refractivity contribution in [2.75, 3.05) is 6.54 Å². The van der Waals surface area contributed by atoms with E-state index in [1.165, 1.54) is 57.1 Å². The van der Waals surface area contributed by atoms with E-state index in [2.05, 4.69) is 15.3 Å². The van der Waals surface area contributed by atoms with E-state index in [0.29, 0.717) is 0 Å². The maximum Gasteiger partial charge on any atom is 0.322 e. The number of carboxylic acids is 1. The number of aliphatic carboxylic acids is 1. The van der Waals surface area contributed by atoms with Crippen LogP contribution in [-0.4, -0.2) is 33.5 Å². The average Bonchev–Trinajstić information content (AvgIpc) is 2.48. The molecule has 1 aromatic heterocycles. The topological polar surface area (TPSA) is 92.2 Å². The first kappa shape index (κ1) is 15.1. The first-order chi connectivity index (χ1) is 9.20. The molecule has 1 amide bonds. The first-order valence-corrected chi connectivity index (χ1v) is 6.46. The number of hydrogen-bond donors (Lipinski definition) is 2. The van der Waals surface area contributed by atoms with E-state index in [0.717, 1.165) is 0 Å². The molecule has 1 heterocycles. The van der Waals surface area contributed by atoms with Gasteiger partial charge in [0.25, 0.3) is 5.91 Å². The lowest BCUT2D eigenvalue weighted by Gasteiger charge is -2.05. The zero-order chi connectivity index (χ0) is 13.9. The molecule has 1 aliphatic carbocycles. The number of amides is 1. The van der Waals surface area contributed by atoms with Crippen LogP contribution in [0, 0.1) is 0 Å². The Hall–Kier alpha value is -1.98. The molecule has 0 aromatic carbocycles. The van der Waals surface area contributed by atoms with Gasteiger partial charge in [0.15, 0.2) is 0 Å². The molecule has 0 aliphatic heterocycles. The monoisotopic (exact) mass is 265 g/mol. The highest BCUT2D eigenvalue weighted by Crippen LogP contribution is 2.15. The van der Waals surface area contributed by atoms with Gasteiger partial charge in [-0.2, -0.15) is 0 Å². The summed E-state index contributed by atoms with van der Waals surface area (Å²) in [6, 6.07) is 0. The highest BCUT2D eigenvalue weighted by Gasteiger charge is 2.07. The Balaban J connectivity index is 0.000000250. The Kier molecular flexibility index (Phi) is 7.16. The van der Waals surface area contributed by atoms with Gasteiger partial charge in [-0.05, 0) is 0 Å². The van der Waals surface area contributed by atoms with Crippen molar-refractivity contribution in [1.82, 2.24) is 15.3 Å². The SMILES string of the molecule is C1CCCCC1.O=C(O)CNC(=O)c1cnccn1. The van der Waals surface area contributed by atoms with E-state index in [1.807, 2.05) is 0 Å². The molecule has 19 heavy (non-hydrogen) atoms. The van der Waals surface area contributed by atoms with E-state index in [9.17, 15) is 9.59 Å². The van der Waals surface area contributed by atoms with Crippen LogP contribution in [-0.2, 0) is 4.79 Å². The zero-order valence-electron chi connectivity index (χ0n) is 10.8. The Morgan fingerprint density at radius 2 is 1.68 bits per heavy atom. The van der Waals surface area contributed by atoms with Gasteiger partial charge >= 0.3 is 5.97 Å². The number of nitrogens with zero attached hydrogens (tertiary/aromatic N) is 2. The molecule has 1 aromatic rings. The Bertz CT molecular complexity index is 380. The second kappa shape index (κ2) is 9.02. The molecule has 0 atom stereocenters. The fourth-order valence-electron chi connectivity index (χ4n) is 1.72. The van der Waals surface area contributed by atoms with E-state index in [4.69, 9.17) is 5.11 Å². The Labute approximate surface area is 112 Å². The van der Waals surface area contributed by atoms with Crippen LogP contribution in [0.2, 0.25) is 0 Å². The highest BCUT2D eigenvalue weighted by molar-refractivity contribution is 5.93. The van der Waals surface area contributed by atoms with Gasteiger partial charge in [0.05, 0.1) is 6.20 Å². The van der Waals surface area contributed by atoms with Crippen molar-refractivity contribution in [3.63, 3.8) is 0 Å². The molecule has 104 valence electrons. The Morgan fingerprint density at radius 1 is 1.11 bits per heavy atom. The Morgan fingerprint density at radius 3 is 2.11 bits per heavy atom. The number of carbonyl (C=O) groups is 2. The quantitative estimate of drug-likeness (QED) is 0.866. The van der Waals surface area contributed by atoms with Crippen LogP contribution < -0.4 is 5.32 Å². The summed E-state index contributed by atoms with van der Waals surface area (Å²) in [5, 5.41) is 10.4. The van der Waals surface area contributed by atoms with Crippen molar-refractivity contribution in [2.24, 2.45) is 0 Å². The van der Waals surface area contributed by atoms with Crippen molar-refractivity contribution in [1.29, 1.82) is 0 Å². The molecule has 0 spiro atoms. The van der Waals surface area contributed by atoms with Crippen LogP contribution in [0.4, 0.5) is 0 Å².